The van der Waals surface area contributed by atoms with Gasteiger partial charge in [-0.2, -0.15) is 0 Å². The largest absolute Gasteiger partial charge is 0.462 e. The van der Waals surface area contributed by atoms with Crippen molar-refractivity contribution in [2.45, 2.75) is 152 Å². The lowest BCUT2D eigenvalue weighted by Crippen LogP contribution is -2.58. The van der Waals surface area contributed by atoms with Crippen molar-refractivity contribution in [2.75, 3.05) is 0 Å². The molecule has 0 unspecified atom stereocenters. The van der Waals surface area contributed by atoms with Gasteiger partial charge in [0.1, 0.15) is 6.10 Å². The summed E-state index contributed by atoms with van der Waals surface area (Å²) >= 11 is 0. The van der Waals surface area contributed by atoms with Gasteiger partial charge in [-0.05, 0) is 115 Å². The number of carbonyl (C=O) groups is 1. The second-order valence-electron chi connectivity index (χ2n) is 16.5. The fraction of sp³-hybridized carbons (Fsp3) is 0.971. The maximum absolute atomic E-state index is 12.8. The molecule has 5 fully saturated rings. The van der Waals surface area contributed by atoms with Gasteiger partial charge in [-0.25, -0.2) is 0 Å². The summed E-state index contributed by atoms with van der Waals surface area (Å²) in [5.41, 5.74) is 2.25. The monoisotopic (exact) mass is 512 g/mol. The number of rotatable bonds is 8. The van der Waals surface area contributed by atoms with Crippen LogP contribution in [0.25, 0.3) is 0 Å². The SMILES string of the molecule is CC[C@@H](C)C(=O)O[C@H]1CC[C@]23C[C@]24CC[C@]2(C)[C@@H]([C@H](C)CCCC(C)C)CC[C@@]2(C)[C@@H]4CC[C@H]3C1(C)C. The molecule has 212 valence electrons. The molecule has 0 aromatic carbocycles. The first-order valence-corrected chi connectivity index (χ1v) is 16.5. The number of esters is 1. The fourth-order valence-corrected chi connectivity index (χ4v) is 12.0. The van der Waals surface area contributed by atoms with Gasteiger partial charge in [-0.15, -0.1) is 0 Å². The first-order chi connectivity index (χ1) is 17.3. The van der Waals surface area contributed by atoms with Gasteiger partial charge in [-0.3, -0.25) is 4.79 Å². The van der Waals surface area contributed by atoms with Gasteiger partial charge >= 0.3 is 5.97 Å². The zero-order valence-electron chi connectivity index (χ0n) is 26.1. The summed E-state index contributed by atoms with van der Waals surface area (Å²) in [5.74, 6) is 4.33. The van der Waals surface area contributed by atoms with Gasteiger partial charge in [0.15, 0.2) is 0 Å². The third-order valence-electron chi connectivity index (χ3n) is 14.5. The lowest BCUT2D eigenvalue weighted by molar-refractivity contribution is -0.185. The number of hydrogen-bond acceptors (Lipinski definition) is 2. The molecule has 0 saturated heterocycles. The van der Waals surface area contributed by atoms with Gasteiger partial charge in [0.05, 0.1) is 5.92 Å². The summed E-state index contributed by atoms with van der Waals surface area (Å²) < 4.78 is 6.26. The second kappa shape index (κ2) is 9.26. The van der Waals surface area contributed by atoms with E-state index in [1.165, 1.54) is 70.6 Å². The van der Waals surface area contributed by atoms with E-state index >= 15 is 0 Å². The van der Waals surface area contributed by atoms with Crippen LogP contribution < -0.4 is 0 Å². The Morgan fingerprint density at radius 3 is 2.16 bits per heavy atom. The number of ether oxygens (including phenoxy) is 1. The average Bonchev–Trinajstić information content (AvgIpc) is 3.42. The van der Waals surface area contributed by atoms with E-state index in [1.807, 2.05) is 6.92 Å². The lowest BCUT2D eigenvalue weighted by Gasteiger charge is -2.63. The smallest absolute Gasteiger partial charge is 0.308 e. The van der Waals surface area contributed by atoms with Crippen molar-refractivity contribution in [3.63, 3.8) is 0 Å². The Labute approximate surface area is 229 Å². The third-order valence-corrected chi connectivity index (χ3v) is 14.5. The highest BCUT2D eigenvalue weighted by atomic mass is 16.5. The Morgan fingerprint density at radius 2 is 1.49 bits per heavy atom. The average molecular weight is 513 g/mol. The predicted octanol–water partition coefficient (Wildman–Crippen LogP) is 9.85. The Balaban J connectivity index is 1.34. The van der Waals surface area contributed by atoms with E-state index in [0.29, 0.717) is 21.7 Å². The molecule has 37 heavy (non-hydrogen) atoms. The van der Waals surface area contributed by atoms with E-state index in [4.69, 9.17) is 4.74 Å². The van der Waals surface area contributed by atoms with Crippen LogP contribution in [0, 0.1) is 62.6 Å². The summed E-state index contributed by atoms with van der Waals surface area (Å²) in [7, 11) is 0. The van der Waals surface area contributed by atoms with Crippen molar-refractivity contribution in [3.05, 3.63) is 0 Å². The van der Waals surface area contributed by atoms with Crippen molar-refractivity contribution < 1.29 is 9.53 Å². The summed E-state index contributed by atoms with van der Waals surface area (Å²) in [4.78, 5) is 12.8. The molecule has 0 radical (unpaired) electrons. The minimum atomic E-state index is 0.0220. The molecule has 0 aromatic heterocycles. The van der Waals surface area contributed by atoms with E-state index in [9.17, 15) is 4.79 Å². The summed E-state index contributed by atoms with van der Waals surface area (Å²) in [6.07, 6.45) is 17.7. The molecule has 5 aliphatic rings. The Morgan fingerprint density at radius 1 is 0.811 bits per heavy atom. The quantitative estimate of drug-likeness (QED) is 0.302. The third kappa shape index (κ3) is 3.86. The zero-order valence-corrected chi connectivity index (χ0v) is 26.1. The van der Waals surface area contributed by atoms with E-state index < -0.39 is 0 Å². The first kappa shape index (κ1) is 28.0. The van der Waals surface area contributed by atoms with Crippen LogP contribution in [0.3, 0.4) is 0 Å². The second-order valence-corrected chi connectivity index (χ2v) is 16.5. The molecular formula is C35H60O2. The molecular weight excluding hydrogens is 452 g/mol. The van der Waals surface area contributed by atoms with Crippen LogP contribution in [0.15, 0.2) is 0 Å². The van der Waals surface area contributed by atoms with Gasteiger partial charge in [0.25, 0.3) is 0 Å². The highest BCUT2D eigenvalue weighted by molar-refractivity contribution is 5.72. The van der Waals surface area contributed by atoms with Gasteiger partial charge in [0.2, 0.25) is 0 Å². The summed E-state index contributed by atoms with van der Waals surface area (Å²) in [6.45, 7) is 21.9. The molecule has 2 nitrogen and oxygen atoms in total. The van der Waals surface area contributed by atoms with Crippen LogP contribution in [0.4, 0.5) is 0 Å². The summed E-state index contributed by atoms with van der Waals surface area (Å²) in [5, 5.41) is 0. The predicted molar refractivity (Wildman–Crippen MR) is 154 cm³/mol. The van der Waals surface area contributed by atoms with Gasteiger partial charge in [-0.1, -0.05) is 81.6 Å². The standard InChI is InChI=1S/C35H60O2/c1-10-24(4)30(36)37-29-17-19-34-22-35(34)21-20-32(8)26(25(5)13-11-12-23(2)3)16-18-33(32,9)28(35)15-14-27(34)31(29,6)7/h23-29H,10-22H2,1-9H3/t24-,25-,26-,27+,28+,29+,32-,33+,34-,35+/m1/s1. The van der Waals surface area contributed by atoms with Crippen molar-refractivity contribution in [1.29, 1.82) is 0 Å². The zero-order chi connectivity index (χ0) is 27.0. The van der Waals surface area contributed by atoms with E-state index in [1.54, 1.807) is 0 Å². The van der Waals surface area contributed by atoms with Crippen LogP contribution in [0.5, 0.6) is 0 Å². The Bertz CT molecular complexity index is 874. The minimum Gasteiger partial charge on any atom is -0.462 e. The van der Waals surface area contributed by atoms with E-state index in [2.05, 4.69) is 55.4 Å². The molecule has 0 N–H and O–H groups in total. The topological polar surface area (TPSA) is 26.3 Å². The van der Waals surface area contributed by atoms with Crippen LogP contribution >= 0.6 is 0 Å². The fourth-order valence-electron chi connectivity index (χ4n) is 12.0. The van der Waals surface area contributed by atoms with Gasteiger partial charge < -0.3 is 4.74 Å². The highest BCUT2D eigenvalue weighted by Crippen LogP contribution is 2.89. The first-order valence-electron chi connectivity index (χ1n) is 16.5. The maximum Gasteiger partial charge on any atom is 0.308 e. The van der Waals surface area contributed by atoms with Crippen molar-refractivity contribution in [3.8, 4) is 0 Å². The summed E-state index contributed by atoms with van der Waals surface area (Å²) in [6, 6.07) is 0. The molecule has 0 amide bonds. The molecule has 5 saturated carbocycles. The van der Waals surface area contributed by atoms with Gasteiger partial charge in [0, 0.05) is 5.41 Å². The number of carbonyl (C=O) groups excluding carboxylic acids is 1. The molecule has 0 heterocycles. The van der Waals surface area contributed by atoms with Crippen LogP contribution in [0.1, 0.15) is 146 Å². The molecule has 10 atom stereocenters. The molecule has 5 aliphatic carbocycles. The Hall–Kier alpha value is -0.530. The van der Waals surface area contributed by atoms with E-state index in [0.717, 1.165) is 42.4 Å². The van der Waals surface area contributed by atoms with Crippen LogP contribution in [-0.2, 0) is 9.53 Å². The van der Waals surface area contributed by atoms with E-state index in [-0.39, 0.29) is 23.4 Å². The van der Waals surface area contributed by atoms with Crippen LogP contribution in [-0.4, -0.2) is 12.1 Å². The number of hydrogen-bond donors (Lipinski definition) is 0. The van der Waals surface area contributed by atoms with Crippen molar-refractivity contribution in [2.24, 2.45) is 62.6 Å². The highest BCUT2D eigenvalue weighted by Gasteiger charge is 2.82. The van der Waals surface area contributed by atoms with Crippen molar-refractivity contribution >= 4 is 5.97 Å². The molecule has 0 bridgehead atoms. The Kier molecular flexibility index (Phi) is 7.01. The molecule has 2 spiro atoms. The molecule has 0 aromatic rings. The van der Waals surface area contributed by atoms with Crippen LogP contribution in [0.2, 0.25) is 0 Å². The molecule has 0 aliphatic heterocycles. The number of fused-ring (bicyclic) bond motifs is 2. The normalized spacial score (nSPS) is 47.3. The maximum atomic E-state index is 12.8. The van der Waals surface area contributed by atoms with Crippen molar-refractivity contribution in [1.82, 2.24) is 0 Å². The minimum absolute atomic E-state index is 0.0220. The molecule has 2 heteroatoms. The molecule has 5 rings (SSSR count). The lowest BCUT2D eigenvalue weighted by atomic mass is 9.41.